The van der Waals surface area contributed by atoms with Crippen LogP contribution in [0.25, 0.3) is 11.5 Å². The average molecular weight is 323 g/mol. The maximum Gasteiger partial charge on any atom is 0.339 e. The summed E-state index contributed by atoms with van der Waals surface area (Å²) in [6.45, 7) is 3.55. The highest BCUT2D eigenvalue weighted by atomic mass is 16.5. The Labute approximate surface area is 139 Å². The van der Waals surface area contributed by atoms with E-state index in [4.69, 9.17) is 9.15 Å². The van der Waals surface area contributed by atoms with Crippen molar-refractivity contribution in [3.05, 3.63) is 65.8 Å². The largest absolute Gasteiger partial charge is 0.459 e. The van der Waals surface area contributed by atoms with Gasteiger partial charge in [0.15, 0.2) is 0 Å². The second kappa shape index (κ2) is 7.04. The number of ether oxygens (including phenoxy) is 1. The van der Waals surface area contributed by atoms with Gasteiger partial charge in [0.1, 0.15) is 6.10 Å². The van der Waals surface area contributed by atoms with Crippen LogP contribution in [-0.4, -0.2) is 27.3 Å². The Morgan fingerprint density at radius 3 is 2.75 bits per heavy atom. The fourth-order valence-corrected chi connectivity index (χ4v) is 2.39. The first-order chi connectivity index (χ1) is 11.6. The lowest BCUT2D eigenvalue weighted by Crippen LogP contribution is -2.18. The van der Waals surface area contributed by atoms with Gasteiger partial charge in [0, 0.05) is 25.7 Å². The number of esters is 1. The number of carbonyl (C=O) groups excluding carboxylic acids is 1. The van der Waals surface area contributed by atoms with Gasteiger partial charge in [-0.3, -0.25) is 4.98 Å². The fraction of sp³-hybridized carbons (Fsp3) is 0.222. The maximum atomic E-state index is 12.5. The minimum atomic E-state index is -0.419. The summed E-state index contributed by atoms with van der Waals surface area (Å²) in [7, 11) is 0. The molecule has 0 aliphatic rings. The van der Waals surface area contributed by atoms with Crippen LogP contribution >= 0.6 is 0 Å². The van der Waals surface area contributed by atoms with E-state index in [0.29, 0.717) is 29.3 Å². The van der Waals surface area contributed by atoms with Crippen molar-refractivity contribution < 1.29 is 13.9 Å². The van der Waals surface area contributed by atoms with E-state index >= 15 is 0 Å². The van der Waals surface area contributed by atoms with Crippen molar-refractivity contribution in [1.82, 2.24) is 15.2 Å². The molecule has 0 N–H and O–H groups in total. The van der Waals surface area contributed by atoms with Crippen LogP contribution in [0.3, 0.4) is 0 Å². The third-order valence-corrected chi connectivity index (χ3v) is 3.46. The Morgan fingerprint density at radius 1 is 1.21 bits per heavy atom. The molecule has 0 radical (unpaired) electrons. The molecule has 0 spiro atoms. The zero-order valence-electron chi connectivity index (χ0n) is 13.5. The summed E-state index contributed by atoms with van der Waals surface area (Å²) in [4.78, 5) is 16.6. The second-order valence-electron chi connectivity index (χ2n) is 5.45. The number of carbonyl (C=O) groups is 1. The molecule has 0 amide bonds. The highest BCUT2D eigenvalue weighted by Crippen LogP contribution is 2.23. The highest BCUT2D eigenvalue weighted by molar-refractivity contribution is 5.96. The van der Waals surface area contributed by atoms with Gasteiger partial charge < -0.3 is 9.15 Å². The van der Waals surface area contributed by atoms with Crippen molar-refractivity contribution in [1.29, 1.82) is 0 Å². The molecule has 6 nitrogen and oxygen atoms in total. The molecule has 0 saturated heterocycles. The Kier molecular flexibility index (Phi) is 4.65. The van der Waals surface area contributed by atoms with Gasteiger partial charge in [-0.2, -0.15) is 0 Å². The summed E-state index contributed by atoms with van der Waals surface area (Å²) >= 11 is 0. The van der Waals surface area contributed by atoms with Crippen LogP contribution in [-0.2, 0) is 11.2 Å². The minimum absolute atomic E-state index is 0.279. The molecule has 2 heterocycles. The molecule has 0 bridgehead atoms. The molecule has 0 aliphatic carbocycles. The SMILES string of the molecule is Cc1nnc(-c2ccccc2C(=O)O[C@@H](C)Cc2cccnc2)o1. The minimum Gasteiger partial charge on any atom is -0.459 e. The standard InChI is InChI=1S/C18H17N3O3/c1-12(10-14-6-5-9-19-11-14)23-18(22)16-8-4-3-7-15(16)17-21-20-13(2)24-17/h3-9,11-12H,10H2,1-2H3/t12-/m0/s1. The van der Waals surface area contributed by atoms with Crippen molar-refractivity contribution >= 4 is 5.97 Å². The number of hydrogen-bond donors (Lipinski definition) is 0. The number of benzene rings is 1. The lowest BCUT2D eigenvalue weighted by Gasteiger charge is -2.14. The van der Waals surface area contributed by atoms with E-state index in [-0.39, 0.29) is 6.10 Å². The summed E-state index contributed by atoms with van der Waals surface area (Å²) in [6.07, 6.45) is 3.79. The molecule has 1 atom stereocenters. The molecule has 2 aromatic heterocycles. The highest BCUT2D eigenvalue weighted by Gasteiger charge is 2.19. The van der Waals surface area contributed by atoms with Gasteiger partial charge in [0.05, 0.1) is 11.1 Å². The van der Waals surface area contributed by atoms with Crippen LogP contribution in [0.4, 0.5) is 0 Å². The normalized spacial score (nSPS) is 11.9. The van der Waals surface area contributed by atoms with Crippen molar-refractivity contribution in [3.63, 3.8) is 0 Å². The second-order valence-corrected chi connectivity index (χ2v) is 5.45. The van der Waals surface area contributed by atoms with Crippen LogP contribution < -0.4 is 0 Å². The third kappa shape index (κ3) is 3.65. The zero-order chi connectivity index (χ0) is 16.9. The molecular weight excluding hydrogens is 306 g/mol. The third-order valence-electron chi connectivity index (χ3n) is 3.46. The van der Waals surface area contributed by atoms with Crippen molar-refractivity contribution in [3.8, 4) is 11.5 Å². The quantitative estimate of drug-likeness (QED) is 0.671. The van der Waals surface area contributed by atoms with E-state index in [0.717, 1.165) is 5.56 Å². The summed E-state index contributed by atoms with van der Waals surface area (Å²) < 4.78 is 11.0. The van der Waals surface area contributed by atoms with Gasteiger partial charge >= 0.3 is 5.97 Å². The average Bonchev–Trinajstić information content (AvgIpc) is 3.02. The Bertz CT molecular complexity index is 830. The van der Waals surface area contributed by atoms with E-state index in [1.807, 2.05) is 25.1 Å². The Hall–Kier alpha value is -3.02. The first-order valence-electron chi connectivity index (χ1n) is 7.63. The topological polar surface area (TPSA) is 78.1 Å². The first kappa shape index (κ1) is 15.9. The lowest BCUT2D eigenvalue weighted by atomic mass is 10.1. The molecule has 0 fully saturated rings. The predicted molar refractivity (Wildman–Crippen MR) is 87.3 cm³/mol. The van der Waals surface area contributed by atoms with Crippen LogP contribution in [0.2, 0.25) is 0 Å². The number of pyridine rings is 1. The van der Waals surface area contributed by atoms with E-state index in [9.17, 15) is 4.79 Å². The fourth-order valence-electron chi connectivity index (χ4n) is 2.39. The van der Waals surface area contributed by atoms with E-state index < -0.39 is 5.97 Å². The molecule has 0 unspecified atom stereocenters. The molecule has 1 aromatic carbocycles. The van der Waals surface area contributed by atoms with Crippen molar-refractivity contribution in [2.75, 3.05) is 0 Å². The molecule has 3 rings (SSSR count). The van der Waals surface area contributed by atoms with Gasteiger partial charge in [0.2, 0.25) is 11.8 Å². The van der Waals surface area contributed by atoms with E-state index in [2.05, 4.69) is 15.2 Å². The summed E-state index contributed by atoms with van der Waals surface area (Å²) in [5, 5.41) is 7.78. The summed E-state index contributed by atoms with van der Waals surface area (Å²) in [5.74, 6) is 0.330. The van der Waals surface area contributed by atoms with Gasteiger partial charge in [0.25, 0.3) is 0 Å². The zero-order valence-corrected chi connectivity index (χ0v) is 13.5. The molecular formula is C18H17N3O3. The first-order valence-corrected chi connectivity index (χ1v) is 7.63. The maximum absolute atomic E-state index is 12.5. The number of aromatic nitrogens is 3. The van der Waals surface area contributed by atoms with Gasteiger partial charge in [-0.25, -0.2) is 4.79 Å². The van der Waals surface area contributed by atoms with Crippen molar-refractivity contribution in [2.45, 2.75) is 26.4 Å². The smallest absolute Gasteiger partial charge is 0.339 e. The number of nitrogens with zero attached hydrogens (tertiary/aromatic N) is 3. The number of rotatable bonds is 5. The lowest BCUT2D eigenvalue weighted by molar-refractivity contribution is 0.0343. The van der Waals surface area contributed by atoms with Crippen LogP contribution in [0.5, 0.6) is 0 Å². The predicted octanol–water partition coefficient (Wildman–Crippen LogP) is 3.23. The summed E-state index contributed by atoms with van der Waals surface area (Å²) in [5.41, 5.74) is 1.98. The van der Waals surface area contributed by atoms with Crippen LogP contribution in [0.1, 0.15) is 28.7 Å². The summed E-state index contributed by atoms with van der Waals surface area (Å²) in [6, 6.07) is 10.8. The van der Waals surface area contributed by atoms with Crippen LogP contribution in [0, 0.1) is 6.92 Å². The van der Waals surface area contributed by atoms with Crippen LogP contribution in [0.15, 0.2) is 53.2 Å². The van der Waals surface area contributed by atoms with E-state index in [1.54, 1.807) is 37.5 Å². The van der Waals surface area contributed by atoms with Crippen molar-refractivity contribution in [2.24, 2.45) is 0 Å². The molecule has 122 valence electrons. The van der Waals surface area contributed by atoms with E-state index in [1.165, 1.54) is 0 Å². The number of hydrogen-bond acceptors (Lipinski definition) is 6. The number of aryl methyl sites for hydroxylation is 1. The monoisotopic (exact) mass is 323 g/mol. The van der Waals surface area contributed by atoms with Gasteiger partial charge in [-0.15, -0.1) is 10.2 Å². The van der Waals surface area contributed by atoms with Gasteiger partial charge in [-0.05, 0) is 30.7 Å². The molecule has 0 aliphatic heterocycles. The van der Waals surface area contributed by atoms with Gasteiger partial charge in [-0.1, -0.05) is 18.2 Å². The Morgan fingerprint density at radius 2 is 2.04 bits per heavy atom. The molecule has 24 heavy (non-hydrogen) atoms. The molecule has 6 heteroatoms. The molecule has 0 saturated carbocycles. The Balaban J connectivity index is 1.76. The molecule has 3 aromatic rings.